The van der Waals surface area contributed by atoms with Crippen molar-refractivity contribution in [2.75, 3.05) is 0 Å². The van der Waals surface area contributed by atoms with E-state index in [4.69, 9.17) is 21.6 Å². The zero-order chi connectivity index (χ0) is 10.0. The molecule has 0 saturated heterocycles. The van der Waals surface area contributed by atoms with Crippen LogP contribution in [0.15, 0.2) is 18.2 Å². The van der Waals surface area contributed by atoms with Crippen LogP contribution in [-0.4, -0.2) is 22.4 Å². The molecule has 1 aromatic carbocycles. The molecule has 1 aromatic rings. The van der Waals surface area contributed by atoms with Crippen molar-refractivity contribution in [2.45, 2.75) is 0 Å². The van der Waals surface area contributed by atoms with Gasteiger partial charge in [0, 0.05) is 0 Å². The first-order valence-electron chi connectivity index (χ1n) is 3.38. The first-order chi connectivity index (χ1) is 6.02. The van der Waals surface area contributed by atoms with E-state index >= 15 is 0 Å². The first kappa shape index (κ1) is 10.2. The SMILES string of the molecule is O=C(Cl)c1ccc(B(O)O)cc1F. The van der Waals surface area contributed by atoms with E-state index in [-0.39, 0.29) is 11.0 Å². The van der Waals surface area contributed by atoms with Gasteiger partial charge in [0.15, 0.2) is 0 Å². The van der Waals surface area contributed by atoms with Gasteiger partial charge in [-0.05, 0) is 29.2 Å². The molecular weight excluding hydrogens is 197 g/mol. The molecule has 0 saturated carbocycles. The van der Waals surface area contributed by atoms with Crippen molar-refractivity contribution in [3.8, 4) is 0 Å². The van der Waals surface area contributed by atoms with Gasteiger partial charge in [0.25, 0.3) is 5.24 Å². The van der Waals surface area contributed by atoms with Crippen LogP contribution < -0.4 is 5.46 Å². The molecule has 3 nitrogen and oxygen atoms in total. The van der Waals surface area contributed by atoms with Crippen molar-refractivity contribution in [1.82, 2.24) is 0 Å². The lowest BCUT2D eigenvalue weighted by atomic mass is 9.80. The van der Waals surface area contributed by atoms with Gasteiger partial charge >= 0.3 is 7.12 Å². The first-order valence-corrected chi connectivity index (χ1v) is 3.75. The van der Waals surface area contributed by atoms with Gasteiger partial charge in [0.05, 0.1) is 5.56 Å². The Labute approximate surface area is 78.9 Å². The van der Waals surface area contributed by atoms with Crippen LogP contribution in [0.4, 0.5) is 4.39 Å². The van der Waals surface area contributed by atoms with E-state index in [1.807, 2.05) is 0 Å². The predicted molar refractivity (Wildman–Crippen MR) is 46.4 cm³/mol. The summed E-state index contributed by atoms with van der Waals surface area (Å²) >= 11 is 5.04. The maximum atomic E-state index is 12.9. The highest BCUT2D eigenvalue weighted by molar-refractivity contribution is 6.67. The van der Waals surface area contributed by atoms with E-state index < -0.39 is 18.2 Å². The zero-order valence-corrected chi connectivity index (χ0v) is 7.12. The molecule has 0 aliphatic carbocycles. The fraction of sp³-hybridized carbons (Fsp3) is 0. The summed E-state index contributed by atoms with van der Waals surface area (Å²) in [5.74, 6) is -0.870. The molecule has 0 unspecified atom stereocenters. The van der Waals surface area contributed by atoms with Crippen molar-refractivity contribution in [1.29, 1.82) is 0 Å². The van der Waals surface area contributed by atoms with E-state index in [0.29, 0.717) is 0 Å². The Morgan fingerprint density at radius 2 is 2.08 bits per heavy atom. The van der Waals surface area contributed by atoms with Crippen LogP contribution >= 0.6 is 11.6 Å². The molecule has 0 heterocycles. The van der Waals surface area contributed by atoms with Gasteiger partial charge in [-0.3, -0.25) is 4.79 Å². The Morgan fingerprint density at radius 3 is 2.46 bits per heavy atom. The number of rotatable bonds is 2. The van der Waals surface area contributed by atoms with Gasteiger partial charge in [-0.25, -0.2) is 4.39 Å². The van der Waals surface area contributed by atoms with E-state index in [0.717, 1.165) is 12.1 Å². The Morgan fingerprint density at radius 1 is 1.46 bits per heavy atom. The van der Waals surface area contributed by atoms with Crippen LogP contribution in [0.2, 0.25) is 0 Å². The molecule has 13 heavy (non-hydrogen) atoms. The van der Waals surface area contributed by atoms with E-state index in [9.17, 15) is 9.18 Å². The van der Waals surface area contributed by atoms with Gasteiger partial charge in [-0.15, -0.1) is 0 Å². The third-order valence-electron chi connectivity index (χ3n) is 1.50. The van der Waals surface area contributed by atoms with Crippen molar-refractivity contribution >= 4 is 29.4 Å². The number of hydrogen-bond donors (Lipinski definition) is 2. The molecule has 68 valence electrons. The van der Waals surface area contributed by atoms with Crippen LogP contribution in [0, 0.1) is 5.82 Å². The van der Waals surface area contributed by atoms with Crippen LogP contribution in [0.25, 0.3) is 0 Å². The minimum atomic E-state index is -1.76. The maximum Gasteiger partial charge on any atom is 0.488 e. The Hall–Kier alpha value is -0.905. The molecule has 0 fully saturated rings. The Bertz CT molecular complexity index is 343. The van der Waals surface area contributed by atoms with Gasteiger partial charge in [-0.1, -0.05) is 6.07 Å². The Balaban J connectivity index is 3.13. The zero-order valence-electron chi connectivity index (χ0n) is 6.37. The van der Waals surface area contributed by atoms with Crippen molar-refractivity contribution < 1.29 is 19.2 Å². The second-order valence-electron chi connectivity index (χ2n) is 2.39. The molecule has 0 bridgehead atoms. The van der Waals surface area contributed by atoms with E-state index in [1.54, 1.807) is 0 Å². The number of halogens is 2. The second-order valence-corrected chi connectivity index (χ2v) is 2.73. The van der Waals surface area contributed by atoms with Crippen LogP contribution in [0.5, 0.6) is 0 Å². The summed E-state index contributed by atoms with van der Waals surface area (Å²) in [4.78, 5) is 10.5. The second kappa shape index (κ2) is 3.87. The maximum absolute atomic E-state index is 12.9. The minimum Gasteiger partial charge on any atom is -0.423 e. The lowest BCUT2D eigenvalue weighted by Gasteiger charge is -2.01. The van der Waals surface area contributed by atoms with E-state index in [1.165, 1.54) is 6.07 Å². The smallest absolute Gasteiger partial charge is 0.423 e. The third-order valence-corrected chi connectivity index (χ3v) is 1.71. The van der Waals surface area contributed by atoms with Crippen LogP contribution in [0.1, 0.15) is 10.4 Å². The van der Waals surface area contributed by atoms with Crippen LogP contribution in [0.3, 0.4) is 0 Å². The topological polar surface area (TPSA) is 57.5 Å². The molecular formula is C7H5BClFO3. The molecule has 0 amide bonds. The number of carbonyl (C=O) groups excluding carboxylic acids is 1. The summed E-state index contributed by atoms with van der Waals surface area (Å²) in [6.45, 7) is 0. The average Bonchev–Trinajstić information content (AvgIpc) is 2.03. The molecule has 0 aliphatic rings. The molecule has 2 N–H and O–H groups in total. The summed E-state index contributed by atoms with van der Waals surface area (Å²) in [5, 5.41) is 16.4. The lowest BCUT2D eigenvalue weighted by molar-refractivity contribution is 0.107. The number of carbonyl (C=O) groups is 1. The van der Waals surface area contributed by atoms with Gasteiger partial charge in [-0.2, -0.15) is 0 Å². The fourth-order valence-corrected chi connectivity index (χ4v) is 1.00. The summed E-state index contributed by atoms with van der Waals surface area (Å²) in [5.41, 5.74) is -0.315. The lowest BCUT2D eigenvalue weighted by Crippen LogP contribution is -2.30. The summed E-state index contributed by atoms with van der Waals surface area (Å²) < 4.78 is 12.9. The Kier molecular flexibility index (Phi) is 3.03. The van der Waals surface area contributed by atoms with Gasteiger partial charge in [0.2, 0.25) is 0 Å². The molecule has 0 radical (unpaired) electrons. The summed E-state index contributed by atoms with van der Waals surface area (Å²) in [6.07, 6.45) is 0. The summed E-state index contributed by atoms with van der Waals surface area (Å²) in [6, 6.07) is 3.16. The van der Waals surface area contributed by atoms with Gasteiger partial charge < -0.3 is 10.0 Å². The molecule has 6 heteroatoms. The molecule has 1 rings (SSSR count). The average molecular weight is 202 g/mol. The number of hydrogen-bond acceptors (Lipinski definition) is 3. The van der Waals surface area contributed by atoms with Gasteiger partial charge in [0.1, 0.15) is 5.82 Å². The van der Waals surface area contributed by atoms with E-state index in [2.05, 4.69) is 0 Å². The van der Waals surface area contributed by atoms with Crippen molar-refractivity contribution in [3.63, 3.8) is 0 Å². The quantitative estimate of drug-likeness (QED) is 0.519. The molecule has 0 spiro atoms. The molecule has 0 aliphatic heterocycles. The molecule has 0 atom stereocenters. The third kappa shape index (κ3) is 2.27. The highest BCUT2D eigenvalue weighted by Crippen LogP contribution is 2.08. The van der Waals surface area contributed by atoms with Crippen molar-refractivity contribution in [2.24, 2.45) is 0 Å². The molecule has 0 aromatic heterocycles. The monoisotopic (exact) mass is 202 g/mol. The highest BCUT2D eigenvalue weighted by Gasteiger charge is 2.15. The standard InChI is InChI=1S/C7H5BClFO3/c9-7(11)5-2-1-4(8(12)13)3-6(5)10/h1-3,12-13H. The predicted octanol–water partition coefficient (Wildman–Crippen LogP) is -0.115. The van der Waals surface area contributed by atoms with Crippen molar-refractivity contribution in [3.05, 3.63) is 29.6 Å². The number of benzene rings is 1. The van der Waals surface area contributed by atoms with Crippen LogP contribution in [-0.2, 0) is 0 Å². The summed E-state index contributed by atoms with van der Waals surface area (Å²) in [7, 11) is -1.76. The minimum absolute atomic E-state index is 0.0285. The fourth-order valence-electron chi connectivity index (χ4n) is 0.851. The highest BCUT2D eigenvalue weighted by atomic mass is 35.5. The largest absolute Gasteiger partial charge is 0.488 e. The normalized spacial score (nSPS) is 9.85.